The Kier molecular flexibility index (Phi) is 5.01. The van der Waals surface area contributed by atoms with Crippen molar-refractivity contribution in [2.24, 2.45) is 0 Å². The van der Waals surface area contributed by atoms with Crippen molar-refractivity contribution < 1.29 is 4.74 Å². The number of aryl methyl sites for hydroxylation is 3. The van der Waals surface area contributed by atoms with Gasteiger partial charge in [-0.2, -0.15) is 20.2 Å². The van der Waals surface area contributed by atoms with Crippen LogP contribution in [0.25, 0.3) is 0 Å². The van der Waals surface area contributed by atoms with Gasteiger partial charge in [0.05, 0.1) is 11.6 Å². The number of hydrogen-bond donors (Lipinski definition) is 1. The summed E-state index contributed by atoms with van der Waals surface area (Å²) in [6.45, 7) is 5.95. The number of nitrogens with one attached hydrogen (secondary N) is 1. The summed E-state index contributed by atoms with van der Waals surface area (Å²) in [4.78, 5) is 12.4. The Morgan fingerprint density at radius 3 is 2.46 bits per heavy atom. The zero-order valence-corrected chi connectivity index (χ0v) is 15.3. The number of halogens is 1. The standard InChI is InChI=1S/C19H16ClN5O/c1-11-7-12(2)16(13(3)8-11)26-19-24-17(20)23-18(25-19)22-15-6-4-5-14(9-15)10-21/h4-9H,1-3H3,(H,22,23,24,25). The van der Waals surface area contributed by atoms with Crippen LogP contribution >= 0.6 is 11.6 Å². The molecule has 1 N–H and O–H groups in total. The highest BCUT2D eigenvalue weighted by Crippen LogP contribution is 2.29. The van der Waals surface area contributed by atoms with Crippen LogP contribution in [0.15, 0.2) is 36.4 Å². The van der Waals surface area contributed by atoms with E-state index in [4.69, 9.17) is 21.6 Å². The molecule has 0 aliphatic rings. The minimum atomic E-state index is 0.0105. The summed E-state index contributed by atoms with van der Waals surface area (Å²) in [5.74, 6) is 0.924. The van der Waals surface area contributed by atoms with Gasteiger partial charge in [-0.25, -0.2) is 0 Å². The van der Waals surface area contributed by atoms with Crippen molar-refractivity contribution >= 4 is 23.2 Å². The van der Waals surface area contributed by atoms with Gasteiger partial charge in [0.1, 0.15) is 5.75 Å². The molecule has 0 spiro atoms. The summed E-state index contributed by atoms with van der Waals surface area (Å²) in [6, 6.07) is 13.2. The lowest BCUT2D eigenvalue weighted by Crippen LogP contribution is -2.03. The van der Waals surface area contributed by atoms with Gasteiger partial charge in [0.15, 0.2) is 0 Å². The molecule has 6 nitrogen and oxygen atoms in total. The van der Waals surface area contributed by atoms with Gasteiger partial charge in [0.2, 0.25) is 11.2 Å². The number of anilines is 2. The van der Waals surface area contributed by atoms with Crippen LogP contribution in [0.3, 0.4) is 0 Å². The van der Waals surface area contributed by atoms with Crippen LogP contribution < -0.4 is 10.1 Å². The van der Waals surface area contributed by atoms with Gasteiger partial charge >= 0.3 is 6.01 Å². The zero-order valence-electron chi connectivity index (χ0n) is 14.5. The second-order valence-corrected chi connectivity index (χ2v) is 6.20. The minimum Gasteiger partial charge on any atom is -0.424 e. The average molecular weight is 366 g/mol. The van der Waals surface area contributed by atoms with Crippen molar-refractivity contribution in [1.82, 2.24) is 15.0 Å². The Balaban J connectivity index is 1.90. The lowest BCUT2D eigenvalue weighted by molar-refractivity contribution is 0.434. The van der Waals surface area contributed by atoms with E-state index >= 15 is 0 Å². The Labute approximate surface area is 156 Å². The third kappa shape index (κ3) is 4.08. The molecule has 1 aromatic heterocycles. The van der Waals surface area contributed by atoms with Crippen molar-refractivity contribution in [3.63, 3.8) is 0 Å². The van der Waals surface area contributed by atoms with Crippen LogP contribution in [0.5, 0.6) is 11.8 Å². The molecule has 26 heavy (non-hydrogen) atoms. The molecule has 130 valence electrons. The van der Waals surface area contributed by atoms with Crippen LogP contribution in [0, 0.1) is 32.1 Å². The smallest absolute Gasteiger partial charge is 0.328 e. The molecule has 0 bridgehead atoms. The van der Waals surface area contributed by atoms with Crippen molar-refractivity contribution in [2.75, 3.05) is 5.32 Å². The number of nitriles is 1. The molecule has 1 heterocycles. The van der Waals surface area contributed by atoms with E-state index in [9.17, 15) is 0 Å². The van der Waals surface area contributed by atoms with Gasteiger partial charge in [0.25, 0.3) is 0 Å². The fourth-order valence-corrected chi connectivity index (χ4v) is 2.80. The Morgan fingerprint density at radius 2 is 1.77 bits per heavy atom. The molecule has 0 aliphatic heterocycles. The second-order valence-electron chi connectivity index (χ2n) is 5.86. The van der Waals surface area contributed by atoms with Gasteiger partial charge in [0, 0.05) is 5.69 Å². The molecular weight excluding hydrogens is 350 g/mol. The number of nitrogens with zero attached hydrogens (tertiary/aromatic N) is 4. The molecule has 0 fully saturated rings. The average Bonchev–Trinajstić information content (AvgIpc) is 2.58. The molecule has 0 unspecified atom stereocenters. The largest absolute Gasteiger partial charge is 0.424 e. The summed E-state index contributed by atoms with van der Waals surface area (Å²) in [5, 5.41) is 12.0. The maximum Gasteiger partial charge on any atom is 0.328 e. The number of rotatable bonds is 4. The zero-order chi connectivity index (χ0) is 18.7. The first kappa shape index (κ1) is 17.6. The number of benzene rings is 2. The van der Waals surface area contributed by atoms with Crippen LogP contribution in [0.2, 0.25) is 5.28 Å². The summed E-state index contributed by atoms with van der Waals surface area (Å²) in [5.41, 5.74) is 4.31. The SMILES string of the molecule is Cc1cc(C)c(Oc2nc(Cl)nc(Nc3cccc(C#N)c3)n2)c(C)c1. The fourth-order valence-electron chi connectivity index (χ4n) is 2.65. The van der Waals surface area contributed by atoms with Gasteiger partial charge < -0.3 is 10.1 Å². The van der Waals surface area contributed by atoms with E-state index in [0.29, 0.717) is 17.0 Å². The summed E-state index contributed by atoms with van der Waals surface area (Å²) in [7, 11) is 0. The fraction of sp³-hybridized carbons (Fsp3) is 0.158. The first-order chi connectivity index (χ1) is 12.4. The van der Waals surface area contributed by atoms with Crippen molar-refractivity contribution in [1.29, 1.82) is 5.26 Å². The molecule has 0 aliphatic carbocycles. The number of hydrogen-bond acceptors (Lipinski definition) is 6. The molecule has 0 saturated heterocycles. The van der Waals surface area contributed by atoms with Gasteiger partial charge in [-0.1, -0.05) is 23.8 Å². The van der Waals surface area contributed by atoms with E-state index in [-0.39, 0.29) is 17.2 Å². The van der Waals surface area contributed by atoms with E-state index in [1.807, 2.05) is 32.9 Å². The Bertz CT molecular complexity index is 990. The highest BCUT2D eigenvalue weighted by molar-refractivity contribution is 6.28. The van der Waals surface area contributed by atoms with E-state index < -0.39 is 0 Å². The van der Waals surface area contributed by atoms with Gasteiger partial charge in [-0.05, 0) is 61.7 Å². The maximum atomic E-state index is 8.99. The molecule has 3 aromatic rings. The van der Waals surface area contributed by atoms with E-state index in [0.717, 1.165) is 16.7 Å². The van der Waals surface area contributed by atoms with E-state index in [1.165, 1.54) is 0 Å². The predicted octanol–water partition coefficient (Wildman–Crippen LogP) is 4.86. The van der Waals surface area contributed by atoms with Crippen LogP contribution in [0.1, 0.15) is 22.3 Å². The Morgan fingerprint density at radius 1 is 1.04 bits per heavy atom. The topological polar surface area (TPSA) is 83.7 Å². The molecule has 7 heteroatoms. The minimum absolute atomic E-state index is 0.0105. The van der Waals surface area contributed by atoms with E-state index in [1.54, 1.807) is 24.3 Å². The first-order valence-corrected chi connectivity index (χ1v) is 8.27. The third-order valence-electron chi connectivity index (χ3n) is 3.63. The van der Waals surface area contributed by atoms with Crippen molar-refractivity contribution in [3.8, 4) is 17.8 Å². The highest BCUT2D eigenvalue weighted by atomic mass is 35.5. The van der Waals surface area contributed by atoms with Gasteiger partial charge in [-0.15, -0.1) is 0 Å². The summed E-state index contributed by atoms with van der Waals surface area (Å²) in [6.07, 6.45) is 0. The second kappa shape index (κ2) is 7.38. The highest BCUT2D eigenvalue weighted by Gasteiger charge is 2.12. The van der Waals surface area contributed by atoms with Gasteiger partial charge in [-0.3, -0.25) is 0 Å². The summed E-state index contributed by atoms with van der Waals surface area (Å²) >= 11 is 6.01. The lowest BCUT2D eigenvalue weighted by atomic mass is 10.1. The molecule has 0 saturated carbocycles. The Hall–Kier alpha value is -3.17. The number of aromatic nitrogens is 3. The quantitative estimate of drug-likeness (QED) is 0.710. The summed E-state index contributed by atoms with van der Waals surface area (Å²) < 4.78 is 5.86. The monoisotopic (exact) mass is 365 g/mol. The lowest BCUT2D eigenvalue weighted by Gasteiger charge is -2.12. The third-order valence-corrected chi connectivity index (χ3v) is 3.80. The van der Waals surface area contributed by atoms with Crippen LogP contribution in [-0.2, 0) is 0 Å². The first-order valence-electron chi connectivity index (χ1n) is 7.89. The number of ether oxygens (including phenoxy) is 1. The molecule has 2 aromatic carbocycles. The van der Waals surface area contributed by atoms with E-state index in [2.05, 4.69) is 26.3 Å². The van der Waals surface area contributed by atoms with Crippen molar-refractivity contribution in [2.45, 2.75) is 20.8 Å². The molecular formula is C19H16ClN5O. The molecule has 3 rings (SSSR count). The van der Waals surface area contributed by atoms with Crippen molar-refractivity contribution in [3.05, 3.63) is 63.9 Å². The normalized spacial score (nSPS) is 10.3. The predicted molar refractivity (Wildman–Crippen MR) is 100 cm³/mol. The molecule has 0 atom stereocenters. The molecule has 0 amide bonds. The maximum absolute atomic E-state index is 8.99. The van der Waals surface area contributed by atoms with Crippen LogP contribution in [0.4, 0.5) is 11.6 Å². The van der Waals surface area contributed by atoms with Crippen LogP contribution in [-0.4, -0.2) is 15.0 Å². The molecule has 0 radical (unpaired) electrons.